The van der Waals surface area contributed by atoms with Gasteiger partial charge in [0.05, 0.1) is 12.6 Å². The standard InChI is InChI=1S/C15H24N4O2/c1-12-9-18(7-8-19(12)10-13(2)20)11-15(21)17-14-3-5-16-6-4-14/h3-6,12-13,20H,7-11H2,1-2H3,(H,16,17,21)/t12-,13-/m0/s1. The van der Waals surface area contributed by atoms with Crippen molar-refractivity contribution in [2.75, 3.05) is 38.0 Å². The molecule has 6 nitrogen and oxygen atoms in total. The van der Waals surface area contributed by atoms with Crippen molar-refractivity contribution < 1.29 is 9.90 Å². The summed E-state index contributed by atoms with van der Waals surface area (Å²) < 4.78 is 0. The summed E-state index contributed by atoms with van der Waals surface area (Å²) in [4.78, 5) is 20.4. The van der Waals surface area contributed by atoms with Gasteiger partial charge in [0.1, 0.15) is 0 Å². The molecule has 0 aliphatic carbocycles. The number of hydrogen-bond acceptors (Lipinski definition) is 5. The Bertz CT molecular complexity index is 452. The fraction of sp³-hybridized carbons (Fsp3) is 0.600. The molecule has 0 radical (unpaired) electrons. The van der Waals surface area contributed by atoms with Gasteiger partial charge in [0.2, 0.25) is 5.91 Å². The van der Waals surface area contributed by atoms with Crippen LogP contribution in [0.4, 0.5) is 5.69 Å². The molecule has 1 saturated heterocycles. The zero-order valence-electron chi connectivity index (χ0n) is 12.7. The first-order valence-electron chi connectivity index (χ1n) is 7.39. The van der Waals surface area contributed by atoms with Crippen LogP contribution in [0.2, 0.25) is 0 Å². The maximum atomic E-state index is 12.0. The number of β-amino-alcohol motifs (C(OH)–C–C–N with tert-alkyl or cyclic N) is 1. The molecule has 1 amide bonds. The monoisotopic (exact) mass is 292 g/mol. The van der Waals surface area contributed by atoms with E-state index in [2.05, 4.69) is 27.0 Å². The SMILES string of the molecule is C[C@H](O)CN1CCN(CC(=O)Nc2ccncc2)C[C@@H]1C. The first-order valence-corrected chi connectivity index (χ1v) is 7.39. The topological polar surface area (TPSA) is 68.7 Å². The molecule has 2 rings (SSSR count). The lowest BCUT2D eigenvalue weighted by Gasteiger charge is -2.40. The molecule has 116 valence electrons. The number of anilines is 1. The highest BCUT2D eigenvalue weighted by atomic mass is 16.3. The maximum Gasteiger partial charge on any atom is 0.238 e. The minimum absolute atomic E-state index is 0.00243. The van der Waals surface area contributed by atoms with Crippen LogP contribution in [0.1, 0.15) is 13.8 Å². The van der Waals surface area contributed by atoms with Gasteiger partial charge in [0, 0.05) is 50.3 Å². The fourth-order valence-corrected chi connectivity index (χ4v) is 2.66. The number of aliphatic hydroxyl groups is 1. The average molecular weight is 292 g/mol. The second-order valence-corrected chi connectivity index (χ2v) is 5.71. The van der Waals surface area contributed by atoms with Crippen molar-refractivity contribution in [3.8, 4) is 0 Å². The number of nitrogens with zero attached hydrogens (tertiary/aromatic N) is 3. The summed E-state index contributed by atoms with van der Waals surface area (Å²) in [5.74, 6) is -0.00243. The second-order valence-electron chi connectivity index (χ2n) is 5.71. The van der Waals surface area contributed by atoms with Crippen LogP contribution in [-0.2, 0) is 4.79 Å². The minimum Gasteiger partial charge on any atom is -0.392 e. The van der Waals surface area contributed by atoms with E-state index >= 15 is 0 Å². The molecule has 2 N–H and O–H groups in total. The van der Waals surface area contributed by atoms with Crippen LogP contribution < -0.4 is 5.32 Å². The number of carbonyl (C=O) groups excluding carboxylic acids is 1. The molecule has 1 aliphatic heterocycles. The Balaban J connectivity index is 1.78. The lowest BCUT2D eigenvalue weighted by molar-refractivity contribution is -0.118. The summed E-state index contributed by atoms with van der Waals surface area (Å²) in [7, 11) is 0. The molecule has 1 aromatic rings. The van der Waals surface area contributed by atoms with Gasteiger partial charge in [-0.05, 0) is 26.0 Å². The summed E-state index contributed by atoms with van der Waals surface area (Å²) in [6.45, 7) is 7.61. The Kier molecular flexibility index (Phi) is 5.67. The van der Waals surface area contributed by atoms with Crippen LogP contribution in [0.5, 0.6) is 0 Å². The lowest BCUT2D eigenvalue weighted by Crippen LogP contribution is -2.54. The number of carbonyl (C=O) groups is 1. The molecular formula is C15H24N4O2. The minimum atomic E-state index is -0.311. The largest absolute Gasteiger partial charge is 0.392 e. The van der Waals surface area contributed by atoms with E-state index in [-0.39, 0.29) is 12.0 Å². The lowest BCUT2D eigenvalue weighted by atomic mass is 10.1. The molecule has 1 aliphatic rings. The Morgan fingerprint density at radius 1 is 1.48 bits per heavy atom. The van der Waals surface area contributed by atoms with Crippen LogP contribution >= 0.6 is 0 Å². The van der Waals surface area contributed by atoms with Gasteiger partial charge in [-0.2, -0.15) is 0 Å². The molecule has 21 heavy (non-hydrogen) atoms. The summed E-state index contributed by atoms with van der Waals surface area (Å²) in [5.41, 5.74) is 0.774. The molecule has 1 fully saturated rings. The molecule has 0 spiro atoms. The smallest absolute Gasteiger partial charge is 0.238 e. The van der Waals surface area contributed by atoms with Crippen molar-refractivity contribution in [2.24, 2.45) is 0 Å². The first kappa shape index (κ1) is 15.9. The number of hydrogen-bond donors (Lipinski definition) is 2. The van der Waals surface area contributed by atoms with Gasteiger partial charge in [-0.3, -0.25) is 19.6 Å². The van der Waals surface area contributed by atoms with Gasteiger partial charge < -0.3 is 10.4 Å². The molecule has 1 aromatic heterocycles. The molecule has 6 heteroatoms. The number of aliphatic hydroxyl groups excluding tert-OH is 1. The summed E-state index contributed by atoms with van der Waals surface area (Å²) in [6.07, 6.45) is 3.01. The van der Waals surface area contributed by atoms with Crippen molar-refractivity contribution in [3.05, 3.63) is 24.5 Å². The number of rotatable bonds is 5. The van der Waals surface area contributed by atoms with Crippen molar-refractivity contribution in [3.63, 3.8) is 0 Å². The number of pyridine rings is 1. The third-order valence-corrected chi connectivity index (χ3v) is 3.68. The Labute approximate surface area is 125 Å². The molecule has 0 aromatic carbocycles. The van der Waals surface area contributed by atoms with Gasteiger partial charge in [-0.1, -0.05) is 0 Å². The van der Waals surface area contributed by atoms with Crippen molar-refractivity contribution >= 4 is 11.6 Å². The van der Waals surface area contributed by atoms with Gasteiger partial charge in [0.25, 0.3) is 0 Å². The average Bonchev–Trinajstić information content (AvgIpc) is 2.42. The zero-order valence-corrected chi connectivity index (χ0v) is 12.7. The summed E-state index contributed by atoms with van der Waals surface area (Å²) in [6, 6.07) is 3.91. The highest BCUT2D eigenvalue weighted by molar-refractivity contribution is 5.92. The van der Waals surface area contributed by atoms with E-state index < -0.39 is 0 Å². The van der Waals surface area contributed by atoms with E-state index in [1.165, 1.54) is 0 Å². The van der Waals surface area contributed by atoms with Crippen LogP contribution in [-0.4, -0.2) is 70.7 Å². The van der Waals surface area contributed by atoms with Crippen LogP contribution in [0, 0.1) is 0 Å². The van der Waals surface area contributed by atoms with Crippen LogP contribution in [0.25, 0.3) is 0 Å². The van der Waals surface area contributed by atoms with Crippen molar-refractivity contribution in [2.45, 2.75) is 26.0 Å². The second kappa shape index (κ2) is 7.49. The van der Waals surface area contributed by atoms with E-state index in [0.717, 1.165) is 25.3 Å². The number of piperazine rings is 1. The molecule has 2 heterocycles. The van der Waals surface area contributed by atoms with Gasteiger partial charge in [-0.25, -0.2) is 0 Å². The van der Waals surface area contributed by atoms with E-state index in [1.54, 1.807) is 31.5 Å². The van der Waals surface area contributed by atoms with E-state index in [4.69, 9.17) is 0 Å². The predicted molar refractivity (Wildman–Crippen MR) is 82.0 cm³/mol. The number of aromatic nitrogens is 1. The summed E-state index contributed by atoms with van der Waals surface area (Å²) >= 11 is 0. The van der Waals surface area contributed by atoms with Gasteiger partial charge in [0.15, 0.2) is 0 Å². The van der Waals surface area contributed by atoms with Gasteiger partial charge >= 0.3 is 0 Å². The maximum absolute atomic E-state index is 12.0. The number of nitrogens with one attached hydrogen (secondary N) is 1. The Morgan fingerprint density at radius 3 is 2.81 bits per heavy atom. The Hall–Kier alpha value is -1.50. The van der Waals surface area contributed by atoms with E-state index in [0.29, 0.717) is 19.1 Å². The third kappa shape index (κ3) is 5.08. The Morgan fingerprint density at radius 2 is 2.19 bits per heavy atom. The highest BCUT2D eigenvalue weighted by Gasteiger charge is 2.25. The molecule has 0 saturated carbocycles. The van der Waals surface area contributed by atoms with Crippen LogP contribution in [0.15, 0.2) is 24.5 Å². The molecule has 0 bridgehead atoms. The molecule has 2 atom stereocenters. The molecule has 0 unspecified atom stereocenters. The van der Waals surface area contributed by atoms with Crippen molar-refractivity contribution in [1.29, 1.82) is 0 Å². The van der Waals surface area contributed by atoms with Crippen molar-refractivity contribution in [1.82, 2.24) is 14.8 Å². The number of amides is 1. The van der Waals surface area contributed by atoms with E-state index in [1.807, 2.05) is 0 Å². The zero-order chi connectivity index (χ0) is 15.2. The molecular weight excluding hydrogens is 268 g/mol. The van der Waals surface area contributed by atoms with Crippen LogP contribution in [0.3, 0.4) is 0 Å². The first-order chi connectivity index (χ1) is 10.0. The summed E-state index contributed by atoms with van der Waals surface area (Å²) in [5, 5.41) is 12.3. The third-order valence-electron chi connectivity index (χ3n) is 3.68. The quantitative estimate of drug-likeness (QED) is 0.822. The highest BCUT2D eigenvalue weighted by Crippen LogP contribution is 2.10. The normalized spacial score (nSPS) is 22.0. The van der Waals surface area contributed by atoms with E-state index in [9.17, 15) is 9.90 Å². The fourth-order valence-electron chi connectivity index (χ4n) is 2.66. The predicted octanol–water partition coefficient (Wildman–Crippen LogP) is 0.407. The van der Waals surface area contributed by atoms with Gasteiger partial charge in [-0.15, -0.1) is 0 Å².